The van der Waals surface area contributed by atoms with Crippen LogP contribution in [0.3, 0.4) is 0 Å². The van der Waals surface area contributed by atoms with Crippen LogP contribution in [0.5, 0.6) is 0 Å². The number of pyridine rings is 1. The van der Waals surface area contributed by atoms with E-state index in [-0.39, 0.29) is 17.7 Å². The van der Waals surface area contributed by atoms with Gasteiger partial charge in [0, 0.05) is 11.8 Å². The topological polar surface area (TPSA) is 24.9 Å². The molecule has 2 nitrogen and oxygen atoms in total. The zero-order valence-corrected chi connectivity index (χ0v) is 11.9. The summed E-state index contributed by atoms with van der Waals surface area (Å²) in [4.78, 5) is 3.74. The highest BCUT2D eigenvalue weighted by Crippen LogP contribution is 2.27. The van der Waals surface area contributed by atoms with Crippen molar-refractivity contribution in [2.24, 2.45) is 0 Å². The van der Waals surface area contributed by atoms with Crippen molar-refractivity contribution < 1.29 is 8.78 Å². The van der Waals surface area contributed by atoms with Crippen molar-refractivity contribution in [1.82, 2.24) is 10.3 Å². The second kappa shape index (κ2) is 6.21. The normalized spacial score (nSPS) is 12.4. The van der Waals surface area contributed by atoms with Gasteiger partial charge in [-0.1, -0.05) is 13.0 Å². The van der Waals surface area contributed by atoms with Gasteiger partial charge in [0.05, 0.1) is 16.7 Å². The second-order valence-electron chi connectivity index (χ2n) is 4.06. The first-order valence-electron chi connectivity index (χ1n) is 5.91. The van der Waals surface area contributed by atoms with Crippen molar-refractivity contribution >= 4 is 15.9 Å². The van der Waals surface area contributed by atoms with Crippen molar-refractivity contribution in [3.05, 3.63) is 63.9 Å². The van der Waals surface area contributed by atoms with E-state index in [0.717, 1.165) is 5.56 Å². The third kappa shape index (κ3) is 3.16. The summed E-state index contributed by atoms with van der Waals surface area (Å²) in [5.41, 5.74) is 1.29. The highest BCUT2D eigenvalue weighted by atomic mass is 79.9. The van der Waals surface area contributed by atoms with Gasteiger partial charge in [-0.3, -0.25) is 4.98 Å². The molecule has 0 aliphatic rings. The van der Waals surface area contributed by atoms with Gasteiger partial charge >= 0.3 is 0 Å². The highest BCUT2D eigenvalue weighted by Gasteiger charge is 2.17. The molecule has 1 atom stereocenters. The van der Waals surface area contributed by atoms with Crippen molar-refractivity contribution in [1.29, 1.82) is 0 Å². The number of halogens is 3. The lowest BCUT2D eigenvalue weighted by Gasteiger charge is -2.19. The molecule has 2 rings (SSSR count). The van der Waals surface area contributed by atoms with Gasteiger partial charge in [-0.25, -0.2) is 8.78 Å². The predicted octanol–water partition coefficient (Wildman–Crippen LogP) is 3.82. The number of nitrogens with zero attached hydrogens (tertiary/aromatic N) is 1. The summed E-state index contributed by atoms with van der Waals surface area (Å²) in [5, 5.41) is 3.19. The van der Waals surface area contributed by atoms with Gasteiger partial charge in [-0.15, -0.1) is 0 Å². The van der Waals surface area contributed by atoms with Crippen molar-refractivity contribution in [2.45, 2.75) is 13.0 Å². The van der Waals surface area contributed by atoms with E-state index < -0.39 is 0 Å². The largest absolute Gasteiger partial charge is 0.306 e. The lowest BCUT2D eigenvalue weighted by atomic mass is 9.99. The summed E-state index contributed by atoms with van der Waals surface area (Å²) >= 11 is 3.15. The maximum Gasteiger partial charge on any atom is 0.146 e. The summed E-state index contributed by atoms with van der Waals surface area (Å²) < 4.78 is 27.5. The van der Waals surface area contributed by atoms with Gasteiger partial charge in [-0.2, -0.15) is 0 Å². The van der Waals surface area contributed by atoms with Crippen LogP contribution in [0.25, 0.3) is 0 Å². The molecule has 0 saturated carbocycles. The number of rotatable bonds is 4. The monoisotopic (exact) mass is 326 g/mol. The molecule has 0 fully saturated rings. The van der Waals surface area contributed by atoms with Crippen LogP contribution in [0.2, 0.25) is 0 Å². The highest BCUT2D eigenvalue weighted by molar-refractivity contribution is 9.10. The number of hydrogen-bond acceptors (Lipinski definition) is 2. The zero-order valence-electron chi connectivity index (χ0n) is 10.3. The Morgan fingerprint density at radius 3 is 2.68 bits per heavy atom. The quantitative estimate of drug-likeness (QED) is 0.923. The molecule has 1 heterocycles. The Hall–Kier alpha value is -1.33. The predicted molar refractivity (Wildman–Crippen MR) is 73.8 cm³/mol. The molecule has 100 valence electrons. The third-order valence-corrected chi connectivity index (χ3v) is 3.41. The molecule has 1 N–H and O–H groups in total. The Morgan fingerprint density at radius 2 is 2.05 bits per heavy atom. The van der Waals surface area contributed by atoms with Crippen molar-refractivity contribution in [3.63, 3.8) is 0 Å². The first-order chi connectivity index (χ1) is 9.13. The van der Waals surface area contributed by atoms with Gasteiger partial charge in [0.15, 0.2) is 0 Å². The van der Waals surface area contributed by atoms with Crippen LogP contribution >= 0.6 is 15.9 Å². The van der Waals surface area contributed by atoms with Crippen LogP contribution in [0.1, 0.15) is 24.1 Å². The Bertz CT molecular complexity index is 575. The summed E-state index contributed by atoms with van der Waals surface area (Å²) in [5.74, 6) is -0.719. The molecule has 1 aromatic carbocycles. The molecular formula is C14H13BrF2N2. The van der Waals surface area contributed by atoms with E-state index in [1.165, 1.54) is 12.3 Å². The molecule has 0 aliphatic carbocycles. The number of nitrogens with one attached hydrogen (secondary N) is 1. The van der Waals surface area contributed by atoms with E-state index in [4.69, 9.17) is 0 Å². The molecule has 0 saturated heterocycles. The van der Waals surface area contributed by atoms with Gasteiger partial charge in [0.25, 0.3) is 0 Å². The molecule has 0 bridgehead atoms. The first kappa shape index (κ1) is 14.1. The average Bonchev–Trinajstić information content (AvgIpc) is 2.40. The van der Waals surface area contributed by atoms with Gasteiger partial charge < -0.3 is 5.32 Å². The van der Waals surface area contributed by atoms with E-state index in [0.29, 0.717) is 16.6 Å². The van der Waals surface area contributed by atoms with E-state index in [9.17, 15) is 8.78 Å². The second-order valence-corrected chi connectivity index (χ2v) is 4.92. The standard InChI is InChI=1S/C14H13BrF2N2/c1-2-19-14(10-5-6-18-8-13(10)17)9-3-4-12(16)11(15)7-9/h3-8,14,19H,2H2,1H3. The Morgan fingerprint density at radius 1 is 1.26 bits per heavy atom. The third-order valence-electron chi connectivity index (χ3n) is 2.80. The minimum absolute atomic E-state index is 0.329. The fourth-order valence-electron chi connectivity index (χ4n) is 1.92. The molecule has 5 heteroatoms. The Balaban J connectivity index is 2.45. The molecule has 0 amide bonds. The van der Waals surface area contributed by atoms with Crippen LogP contribution in [-0.2, 0) is 0 Å². The number of benzene rings is 1. The molecule has 1 unspecified atom stereocenters. The molecule has 0 aliphatic heterocycles. The molecule has 0 radical (unpaired) electrons. The van der Waals surface area contributed by atoms with E-state index in [2.05, 4.69) is 26.2 Å². The zero-order chi connectivity index (χ0) is 13.8. The minimum Gasteiger partial charge on any atom is -0.306 e. The first-order valence-corrected chi connectivity index (χ1v) is 6.70. The Labute approximate surface area is 119 Å². The maximum atomic E-state index is 13.8. The lowest BCUT2D eigenvalue weighted by molar-refractivity contribution is 0.553. The van der Waals surface area contributed by atoms with Gasteiger partial charge in [0.1, 0.15) is 11.6 Å². The maximum absolute atomic E-state index is 13.8. The fraction of sp³-hybridized carbons (Fsp3) is 0.214. The van der Waals surface area contributed by atoms with Gasteiger partial charge in [0.2, 0.25) is 0 Å². The summed E-state index contributed by atoms with van der Waals surface area (Å²) in [6.07, 6.45) is 2.72. The molecule has 19 heavy (non-hydrogen) atoms. The molecular weight excluding hydrogens is 314 g/mol. The van der Waals surface area contributed by atoms with E-state index >= 15 is 0 Å². The number of hydrogen-bond donors (Lipinski definition) is 1. The van der Waals surface area contributed by atoms with Gasteiger partial charge in [-0.05, 0) is 46.2 Å². The smallest absolute Gasteiger partial charge is 0.146 e. The van der Waals surface area contributed by atoms with E-state index in [1.807, 2.05) is 6.92 Å². The van der Waals surface area contributed by atoms with Crippen LogP contribution in [0, 0.1) is 11.6 Å². The van der Waals surface area contributed by atoms with E-state index in [1.54, 1.807) is 24.4 Å². The van der Waals surface area contributed by atoms with Crippen LogP contribution in [-0.4, -0.2) is 11.5 Å². The van der Waals surface area contributed by atoms with Crippen molar-refractivity contribution in [3.8, 4) is 0 Å². The van der Waals surface area contributed by atoms with Crippen LogP contribution < -0.4 is 5.32 Å². The van der Waals surface area contributed by atoms with Crippen LogP contribution in [0.15, 0.2) is 41.1 Å². The van der Waals surface area contributed by atoms with Crippen molar-refractivity contribution in [2.75, 3.05) is 6.54 Å². The molecule has 2 aromatic rings. The fourth-order valence-corrected chi connectivity index (χ4v) is 2.32. The average molecular weight is 327 g/mol. The molecule has 1 aromatic heterocycles. The minimum atomic E-state index is -0.381. The summed E-state index contributed by atoms with van der Waals surface area (Å²) in [6, 6.07) is 5.96. The lowest BCUT2D eigenvalue weighted by Crippen LogP contribution is -2.23. The summed E-state index contributed by atoms with van der Waals surface area (Å²) in [6.45, 7) is 2.60. The number of aromatic nitrogens is 1. The van der Waals surface area contributed by atoms with Crippen LogP contribution in [0.4, 0.5) is 8.78 Å². The summed E-state index contributed by atoms with van der Waals surface area (Å²) in [7, 11) is 0. The Kier molecular flexibility index (Phi) is 4.61. The molecule has 0 spiro atoms. The SMILES string of the molecule is CCNC(c1ccc(F)c(Br)c1)c1ccncc1F.